The summed E-state index contributed by atoms with van der Waals surface area (Å²) in [6.07, 6.45) is 1.20. The Hall–Kier alpha value is -3.18. The molecule has 188 valence electrons. The van der Waals surface area contributed by atoms with Crippen molar-refractivity contribution < 1.29 is 41.4 Å². The third-order valence-electron chi connectivity index (χ3n) is 5.40. The molecular weight excluding hydrogens is 496 g/mol. The Balaban J connectivity index is 1.89. The number of piperidine rings is 1. The van der Waals surface area contributed by atoms with Crippen LogP contribution in [0.3, 0.4) is 0 Å². The Bertz CT molecular complexity index is 1120. The molecule has 0 radical (unpaired) electrons. The smallest absolute Gasteiger partial charge is 0.225 e. The number of carbonyl (C=O) groups is 3. The van der Waals surface area contributed by atoms with Crippen LogP contribution in [0.25, 0.3) is 0 Å². The van der Waals surface area contributed by atoms with Crippen LogP contribution in [0.4, 0.5) is 17.6 Å². The number of rotatable bonds is 9. The van der Waals surface area contributed by atoms with Crippen LogP contribution < -0.4 is 20.1 Å². The second kappa shape index (κ2) is 11.5. The molecule has 12 heteroatoms. The number of nitrogens with one attached hydrogen (secondary N) is 2. The quantitative estimate of drug-likeness (QED) is 0.230. The summed E-state index contributed by atoms with van der Waals surface area (Å²) in [5.74, 6) is -11.8. The summed E-state index contributed by atoms with van der Waals surface area (Å²) in [4.78, 5) is 39.0. The SMILES string of the molecule is COc1ccc(Cl)cc1C(=O)[C@H](NC(=O)C1CCCNC1)C(=O)COc1c(F)c(F)cc(F)c1F. The van der Waals surface area contributed by atoms with E-state index in [0.717, 1.165) is 0 Å². The maximum atomic E-state index is 13.9. The van der Waals surface area contributed by atoms with Gasteiger partial charge in [0.05, 0.1) is 18.6 Å². The Labute approximate surface area is 202 Å². The zero-order chi connectivity index (χ0) is 25.7. The molecule has 0 spiro atoms. The fourth-order valence-corrected chi connectivity index (χ4v) is 3.73. The summed E-state index contributed by atoms with van der Waals surface area (Å²) in [6.45, 7) is -0.157. The van der Waals surface area contributed by atoms with Crippen molar-refractivity contribution in [1.29, 1.82) is 0 Å². The molecule has 1 aliphatic heterocycles. The van der Waals surface area contributed by atoms with Crippen molar-refractivity contribution in [1.82, 2.24) is 10.6 Å². The number of halogens is 5. The molecule has 1 aliphatic rings. The molecule has 2 N–H and O–H groups in total. The fraction of sp³-hybridized carbons (Fsp3) is 0.348. The van der Waals surface area contributed by atoms with Crippen LogP contribution in [0.5, 0.6) is 11.5 Å². The van der Waals surface area contributed by atoms with Gasteiger partial charge in [0.1, 0.15) is 12.4 Å². The number of amides is 1. The van der Waals surface area contributed by atoms with Gasteiger partial charge in [-0.3, -0.25) is 14.4 Å². The average molecular weight is 517 g/mol. The van der Waals surface area contributed by atoms with Crippen LogP contribution in [-0.4, -0.2) is 50.3 Å². The summed E-state index contributed by atoms with van der Waals surface area (Å²) in [5.41, 5.74) is -0.144. The van der Waals surface area contributed by atoms with E-state index in [1.165, 1.54) is 25.3 Å². The number of ether oxygens (including phenoxy) is 2. The van der Waals surface area contributed by atoms with Crippen LogP contribution >= 0.6 is 11.6 Å². The molecule has 1 heterocycles. The Morgan fingerprint density at radius 2 is 1.83 bits per heavy atom. The van der Waals surface area contributed by atoms with E-state index in [0.29, 0.717) is 25.9 Å². The second-order valence-electron chi connectivity index (χ2n) is 7.75. The van der Waals surface area contributed by atoms with E-state index in [1.54, 1.807) is 0 Å². The van der Waals surface area contributed by atoms with Gasteiger partial charge >= 0.3 is 0 Å². The Morgan fingerprint density at radius 1 is 1.14 bits per heavy atom. The molecule has 2 aromatic carbocycles. The minimum Gasteiger partial charge on any atom is -0.496 e. The van der Waals surface area contributed by atoms with Crippen LogP contribution in [0.1, 0.15) is 23.2 Å². The number of hydrogen-bond donors (Lipinski definition) is 2. The van der Waals surface area contributed by atoms with Gasteiger partial charge in [0.2, 0.25) is 17.5 Å². The third kappa shape index (κ3) is 6.09. The largest absolute Gasteiger partial charge is 0.496 e. The maximum absolute atomic E-state index is 13.9. The van der Waals surface area contributed by atoms with Crippen molar-refractivity contribution in [2.24, 2.45) is 5.92 Å². The highest BCUT2D eigenvalue weighted by Crippen LogP contribution is 2.27. The summed E-state index contributed by atoms with van der Waals surface area (Å²) < 4.78 is 64.6. The molecule has 0 bridgehead atoms. The Morgan fingerprint density at radius 3 is 2.43 bits per heavy atom. The number of methoxy groups -OCH3 is 1. The molecular formula is C23H21ClF4N2O5. The zero-order valence-corrected chi connectivity index (χ0v) is 19.2. The van der Waals surface area contributed by atoms with Crippen molar-refractivity contribution in [2.75, 3.05) is 26.8 Å². The summed E-state index contributed by atoms with van der Waals surface area (Å²) >= 11 is 5.97. The average Bonchev–Trinajstić information content (AvgIpc) is 2.85. The topological polar surface area (TPSA) is 93.7 Å². The van der Waals surface area contributed by atoms with Gasteiger partial charge in [0, 0.05) is 17.6 Å². The van der Waals surface area contributed by atoms with E-state index >= 15 is 0 Å². The van der Waals surface area contributed by atoms with Crippen LogP contribution in [0, 0.1) is 29.2 Å². The van der Waals surface area contributed by atoms with E-state index < -0.39 is 65.1 Å². The fourth-order valence-electron chi connectivity index (χ4n) is 3.56. The highest BCUT2D eigenvalue weighted by molar-refractivity contribution is 6.31. The predicted octanol–water partition coefficient (Wildman–Crippen LogP) is 3.22. The van der Waals surface area contributed by atoms with Gasteiger partial charge in [0.15, 0.2) is 35.0 Å². The molecule has 2 aromatic rings. The highest BCUT2D eigenvalue weighted by atomic mass is 35.5. The van der Waals surface area contributed by atoms with Crippen molar-refractivity contribution >= 4 is 29.1 Å². The van der Waals surface area contributed by atoms with E-state index in [4.69, 9.17) is 21.1 Å². The number of carbonyl (C=O) groups excluding carboxylic acids is 3. The molecule has 2 atom stereocenters. The van der Waals surface area contributed by atoms with E-state index in [9.17, 15) is 31.9 Å². The van der Waals surface area contributed by atoms with Crippen molar-refractivity contribution in [3.63, 3.8) is 0 Å². The molecule has 35 heavy (non-hydrogen) atoms. The molecule has 0 aliphatic carbocycles. The molecule has 3 rings (SSSR count). The molecule has 1 amide bonds. The van der Waals surface area contributed by atoms with Gasteiger partial charge < -0.3 is 20.1 Å². The third-order valence-corrected chi connectivity index (χ3v) is 5.63. The van der Waals surface area contributed by atoms with Gasteiger partial charge in [-0.25, -0.2) is 8.78 Å². The summed E-state index contributed by atoms with van der Waals surface area (Å²) in [6, 6.07) is 2.16. The zero-order valence-electron chi connectivity index (χ0n) is 18.4. The number of ketones is 2. The minimum atomic E-state index is -1.86. The van der Waals surface area contributed by atoms with Crippen molar-refractivity contribution in [3.8, 4) is 11.5 Å². The summed E-state index contributed by atoms with van der Waals surface area (Å²) in [7, 11) is 1.27. The van der Waals surface area contributed by atoms with Gasteiger partial charge in [-0.05, 0) is 37.6 Å². The maximum Gasteiger partial charge on any atom is 0.225 e. The second-order valence-corrected chi connectivity index (χ2v) is 8.18. The lowest BCUT2D eigenvalue weighted by Crippen LogP contribution is -2.52. The first kappa shape index (κ1) is 26.4. The number of Topliss-reactive ketones (excluding diaryl/α,β-unsaturated/α-hetero) is 2. The molecule has 1 fully saturated rings. The first-order chi connectivity index (χ1) is 16.6. The molecule has 1 unspecified atom stereocenters. The number of benzene rings is 2. The highest BCUT2D eigenvalue weighted by Gasteiger charge is 2.34. The molecule has 0 aromatic heterocycles. The summed E-state index contributed by atoms with van der Waals surface area (Å²) in [5, 5.41) is 5.52. The van der Waals surface area contributed by atoms with E-state index in [-0.39, 0.29) is 22.4 Å². The minimum absolute atomic E-state index is 0.0183. The lowest BCUT2D eigenvalue weighted by Gasteiger charge is -2.25. The Kier molecular flexibility index (Phi) is 8.68. The predicted molar refractivity (Wildman–Crippen MR) is 117 cm³/mol. The van der Waals surface area contributed by atoms with Crippen LogP contribution in [0.2, 0.25) is 5.02 Å². The first-order valence-corrected chi connectivity index (χ1v) is 10.9. The first-order valence-electron chi connectivity index (χ1n) is 10.5. The number of hydrogen-bond acceptors (Lipinski definition) is 6. The van der Waals surface area contributed by atoms with Crippen molar-refractivity contribution in [3.05, 3.63) is 58.1 Å². The van der Waals surface area contributed by atoms with E-state index in [2.05, 4.69) is 10.6 Å². The lowest BCUT2D eigenvalue weighted by atomic mass is 9.96. The van der Waals surface area contributed by atoms with Gasteiger partial charge in [-0.2, -0.15) is 8.78 Å². The van der Waals surface area contributed by atoms with Gasteiger partial charge in [0.25, 0.3) is 0 Å². The monoisotopic (exact) mass is 516 g/mol. The van der Waals surface area contributed by atoms with Crippen LogP contribution in [0.15, 0.2) is 24.3 Å². The van der Waals surface area contributed by atoms with Gasteiger partial charge in [-0.1, -0.05) is 11.6 Å². The van der Waals surface area contributed by atoms with Crippen LogP contribution in [-0.2, 0) is 9.59 Å². The van der Waals surface area contributed by atoms with E-state index in [1.807, 2.05) is 0 Å². The normalized spacial score (nSPS) is 16.3. The van der Waals surface area contributed by atoms with Gasteiger partial charge in [-0.15, -0.1) is 0 Å². The lowest BCUT2D eigenvalue weighted by molar-refractivity contribution is -0.130. The molecule has 0 saturated carbocycles. The standard InChI is InChI=1S/C23H21ClF4N2O5/c1-34-17-5-4-12(24)7-13(17)21(32)20(30-23(33)11-3-2-6-29-9-11)16(31)10-35-22-18(27)14(25)8-15(26)19(22)28/h4-5,7-8,11,20,29H,2-3,6,9-10H2,1H3,(H,30,33)/t11?,20-/m1/s1. The molecule has 7 nitrogen and oxygen atoms in total. The molecule has 1 saturated heterocycles. The van der Waals surface area contributed by atoms with Crippen molar-refractivity contribution in [2.45, 2.75) is 18.9 Å².